The van der Waals surface area contributed by atoms with Crippen LogP contribution in [0, 0.1) is 11.3 Å². The van der Waals surface area contributed by atoms with Crippen LogP contribution in [0.15, 0.2) is 16.7 Å². The topological polar surface area (TPSA) is 36.9 Å². The fourth-order valence-electron chi connectivity index (χ4n) is 0.712. The predicted octanol–water partition coefficient (Wildman–Crippen LogP) is 1.71. The molecule has 0 bridgehead atoms. The number of nitriles is 1. The van der Waals surface area contributed by atoms with Crippen molar-refractivity contribution in [3.63, 3.8) is 0 Å². The predicted molar refractivity (Wildman–Crippen MR) is 32.8 cm³/mol. The molecule has 1 rings (SSSR count). The molecule has 0 aliphatic rings. The molecule has 9 heavy (non-hydrogen) atoms. The third-order valence-electron chi connectivity index (χ3n) is 1.23. The summed E-state index contributed by atoms with van der Waals surface area (Å²) >= 11 is 0. The average molecular weight is 121 g/mol. The highest BCUT2D eigenvalue weighted by molar-refractivity contribution is 5.27. The Morgan fingerprint density at radius 3 is 3.00 bits per heavy atom. The minimum atomic E-state index is 0.442. The molecule has 46 valence electrons. The second-order valence-electron chi connectivity index (χ2n) is 1.74. The molecule has 0 amide bonds. The van der Waals surface area contributed by atoms with E-state index in [-0.39, 0.29) is 0 Å². The van der Waals surface area contributed by atoms with Gasteiger partial charge in [-0.25, -0.2) is 0 Å². The number of rotatable bonds is 1. The summed E-state index contributed by atoms with van der Waals surface area (Å²) in [4.78, 5) is 0. The highest BCUT2D eigenvalue weighted by Crippen LogP contribution is 2.08. The van der Waals surface area contributed by atoms with Crippen molar-refractivity contribution in [3.8, 4) is 6.07 Å². The third kappa shape index (κ3) is 0.945. The van der Waals surface area contributed by atoms with Gasteiger partial charge in [0, 0.05) is 5.56 Å². The van der Waals surface area contributed by atoms with Gasteiger partial charge in [0.2, 0.25) is 5.76 Å². The minimum Gasteiger partial charge on any atom is -0.454 e. The van der Waals surface area contributed by atoms with E-state index in [1.807, 2.05) is 19.1 Å². The van der Waals surface area contributed by atoms with Crippen LogP contribution in [0.3, 0.4) is 0 Å². The smallest absolute Gasteiger partial charge is 0.206 e. The summed E-state index contributed by atoms with van der Waals surface area (Å²) in [5.74, 6) is 0.442. The monoisotopic (exact) mass is 121 g/mol. The van der Waals surface area contributed by atoms with Crippen molar-refractivity contribution in [1.29, 1.82) is 5.26 Å². The van der Waals surface area contributed by atoms with Gasteiger partial charge in [-0.1, -0.05) is 6.92 Å². The van der Waals surface area contributed by atoms with Crippen LogP contribution in [0.1, 0.15) is 18.2 Å². The van der Waals surface area contributed by atoms with Crippen LogP contribution in [0.2, 0.25) is 0 Å². The molecule has 2 nitrogen and oxygen atoms in total. The zero-order chi connectivity index (χ0) is 6.69. The summed E-state index contributed by atoms with van der Waals surface area (Å²) < 4.78 is 4.84. The van der Waals surface area contributed by atoms with Gasteiger partial charge in [0.15, 0.2) is 0 Å². The highest BCUT2D eigenvalue weighted by atomic mass is 16.3. The number of aryl methyl sites for hydroxylation is 1. The van der Waals surface area contributed by atoms with Crippen molar-refractivity contribution in [3.05, 3.63) is 23.7 Å². The Morgan fingerprint density at radius 1 is 1.78 bits per heavy atom. The van der Waals surface area contributed by atoms with Crippen LogP contribution >= 0.6 is 0 Å². The molecule has 0 saturated heterocycles. The first-order valence-electron chi connectivity index (χ1n) is 2.85. The maximum atomic E-state index is 8.39. The van der Waals surface area contributed by atoms with Crippen LogP contribution in [-0.4, -0.2) is 0 Å². The fourth-order valence-corrected chi connectivity index (χ4v) is 0.712. The van der Waals surface area contributed by atoms with Gasteiger partial charge in [-0.05, 0) is 12.5 Å². The second-order valence-corrected chi connectivity index (χ2v) is 1.74. The van der Waals surface area contributed by atoms with Crippen molar-refractivity contribution < 1.29 is 4.42 Å². The molecule has 1 aromatic heterocycles. The first-order valence-corrected chi connectivity index (χ1v) is 2.85. The molecule has 0 aliphatic carbocycles. The molecule has 0 saturated carbocycles. The zero-order valence-corrected chi connectivity index (χ0v) is 5.22. The van der Waals surface area contributed by atoms with E-state index in [4.69, 9.17) is 9.68 Å². The molecule has 0 N–H and O–H groups in total. The molecule has 2 heteroatoms. The first-order chi connectivity index (χ1) is 4.38. The molecule has 1 aromatic rings. The zero-order valence-electron chi connectivity index (χ0n) is 5.22. The molecule has 0 atom stereocenters. The summed E-state index contributed by atoms with van der Waals surface area (Å²) in [5, 5.41) is 8.39. The van der Waals surface area contributed by atoms with Crippen molar-refractivity contribution in [1.82, 2.24) is 0 Å². The van der Waals surface area contributed by atoms with E-state index in [2.05, 4.69) is 0 Å². The van der Waals surface area contributed by atoms with Crippen LogP contribution in [0.25, 0.3) is 0 Å². The number of hydrogen-bond acceptors (Lipinski definition) is 2. The van der Waals surface area contributed by atoms with Crippen molar-refractivity contribution in [2.45, 2.75) is 13.3 Å². The normalized spacial score (nSPS) is 8.89. The summed E-state index contributed by atoms with van der Waals surface area (Å²) in [6.07, 6.45) is 2.40. The molecular formula is C7H7NO. The van der Waals surface area contributed by atoms with Crippen LogP contribution in [-0.2, 0) is 6.42 Å². The Bertz CT molecular complexity index is 231. The van der Waals surface area contributed by atoms with Gasteiger partial charge in [-0.3, -0.25) is 0 Å². The third-order valence-corrected chi connectivity index (χ3v) is 1.23. The van der Waals surface area contributed by atoms with Crippen molar-refractivity contribution in [2.75, 3.05) is 0 Å². The van der Waals surface area contributed by atoms with E-state index < -0.39 is 0 Å². The number of nitrogens with zero attached hydrogens (tertiary/aromatic N) is 1. The Balaban J connectivity index is 3.02. The summed E-state index contributed by atoms with van der Waals surface area (Å²) in [5.41, 5.74) is 0.984. The van der Waals surface area contributed by atoms with Crippen molar-refractivity contribution in [2.24, 2.45) is 0 Å². The lowest BCUT2D eigenvalue weighted by atomic mass is 10.2. The maximum absolute atomic E-state index is 8.39. The quantitative estimate of drug-likeness (QED) is 0.567. The fraction of sp³-hybridized carbons (Fsp3) is 0.286. The van der Waals surface area contributed by atoms with Gasteiger partial charge in [0.05, 0.1) is 6.26 Å². The lowest BCUT2D eigenvalue weighted by Crippen LogP contribution is -1.77. The van der Waals surface area contributed by atoms with E-state index in [0.717, 1.165) is 12.0 Å². The summed E-state index contributed by atoms with van der Waals surface area (Å²) in [6.45, 7) is 1.99. The highest BCUT2D eigenvalue weighted by Gasteiger charge is 1.99. The summed E-state index contributed by atoms with van der Waals surface area (Å²) in [7, 11) is 0. The van der Waals surface area contributed by atoms with E-state index in [1.165, 1.54) is 6.26 Å². The Morgan fingerprint density at radius 2 is 2.56 bits per heavy atom. The first kappa shape index (κ1) is 5.90. The van der Waals surface area contributed by atoms with Gasteiger partial charge in [-0.15, -0.1) is 0 Å². The molecule has 0 radical (unpaired) electrons. The average Bonchev–Trinajstić information content (AvgIpc) is 2.33. The molecule has 0 fully saturated rings. The number of hydrogen-bond donors (Lipinski definition) is 0. The van der Waals surface area contributed by atoms with E-state index in [9.17, 15) is 0 Å². The number of furan rings is 1. The Labute approximate surface area is 53.7 Å². The van der Waals surface area contributed by atoms with E-state index in [0.29, 0.717) is 5.76 Å². The van der Waals surface area contributed by atoms with Gasteiger partial charge in [0.1, 0.15) is 6.07 Å². The standard InChI is InChI=1S/C7H7NO/c1-2-6-3-4-9-7(6)5-8/h3-4H,2H2,1H3. The Kier molecular flexibility index (Phi) is 1.55. The van der Waals surface area contributed by atoms with Gasteiger partial charge in [0.25, 0.3) is 0 Å². The molecule has 0 aliphatic heterocycles. The van der Waals surface area contributed by atoms with Crippen molar-refractivity contribution >= 4 is 0 Å². The van der Waals surface area contributed by atoms with Crippen LogP contribution in [0.4, 0.5) is 0 Å². The SMILES string of the molecule is CCc1ccoc1C#N. The lowest BCUT2D eigenvalue weighted by Gasteiger charge is -1.83. The maximum Gasteiger partial charge on any atom is 0.206 e. The molecule has 0 unspecified atom stereocenters. The van der Waals surface area contributed by atoms with Gasteiger partial charge >= 0.3 is 0 Å². The largest absolute Gasteiger partial charge is 0.454 e. The van der Waals surface area contributed by atoms with Crippen LogP contribution in [0.5, 0.6) is 0 Å². The second kappa shape index (κ2) is 2.36. The molecule has 1 heterocycles. The molecular weight excluding hydrogens is 114 g/mol. The molecule has 0 aromatic carbocycles. The van der Waals surface area contributed by atoms with Crippen LogP contribution < -0.4 is 0 Å². The summed E-state index contributed by atoms with van der Waals surface area (Å²) in [6, 6.07) is 3.78. The van der Waals surface area contributed by atoms with E-state index >= 15 is 0 Å². The van der Waals surface area contributed by atoms with Gasteiger partial charge in [-0.2, -0.15) is 5.26 Å². The Hall–Kier alpha value is -1.23. The van der Waals surface area contributed by atoms with Gasteiger partial charge < -0.3 is 4.42 Å². The van der Waals surface area contributed by atoms with E-state index in [1.54, 1.807) is 0 Å². The lowest BCUT2D eigenvalue weighted by molar-refractivity contribution is 0.549. The molecule has 0 spiro atoms. The minimum absolute atomic E-state index is 0.442.